The lowest BCUT2D eigenvalue weighted by Gasteiger charge is -2.15. The molecule has 0 aliphatic carbocycles. The number of nitrogens with zero attached hydrogens (tertiary/aromatic N) is 3. The maximum atomic E-state index is 13.1. The molecule has 32 heavy (non-hydrogen) atoms. The second kappa shape index (κ2) is 10.7. The van der Waals surface area contributed by atoms with Gasteiger partial charge in [-0.15, -0.1) is 0 Å². The third-order valence-electron chi connectivity index (χ3n) is 4.52. The Balaban J connectivity index is 2.00. The second-order valence-corrected chi connectivity index (χ2v) is 9.52. The number of methoxy groups -OCH3 is 1. The summed E-state index contributed by atoms with van der Waals surface area (Å²) in [5.74, 6) is 0.572. The minimum absolute atomic E-state index is 0.235. The highest BCUT2D eigenvalue weighted by Crippen LogP contribution is 2.35. The molecule has 7 nitrogen and oxygen atoms in total. The molecular formula is C22H20Br3N3O4. The second-order valence-electron chi connectivity index (χ2n) is 6.90. The first-order valence-corrected chi connectivity index (χ1v) is 12.1. The Morgan fingerprint density at radius 1 is 1.22 bits per heavy atom. The maximum Gasteiger partial charge on any atom is 0.346 e. The molecule has 1 aromatic heterocycles. The van der Waals surface area contributed by atoms with Gasteiger partial charge in [0.2, 0.25) is 0 Å². The Kier molecular flexibility index (Phi) is 8.24. The zero-order valence-corrected chi connectivity index (χ0v) is 22.3. The Morgan fingerprint density at radius 2 is 1.91 bits per heavy atom. The number of hydrogen-bond acceptors (Lipinski definition) is 6. The van der Waals surface area contributed by atoms with Gasteiger partial charge in [-0.3, -0.25) is 4.79 Å². The van der Waals surface area contributed by atoms with Crippen molar-refractivity contribution in [3.8, 4) is 5.75 Å². The first kappa shape index (κ1) is 24.6. The van der Waals surface area contributed by atoms with Crippen LogP contribution in [0.5, 0.6) is 5.75 Å². The largest absolute Gasteiger partial charge is 0.477 e. The number of carbonyl (C=O) groups excluding carboxylic acids is 1. The molecule has 0 saturated heterocycles. The minimum Gasteiger partial charge on any atom is -0.477 e. The van der Waals surface area contributed by atoms with Crippen molar-refractivity contribution in [3.63, 3.8) is 0 Å². The number of rotatable bonds is 7. The lowest BCUT2D eigenvalue weighted by molar-refractivity contribution is -0.147. The summed E-state index contributed by atoms with van der Waals surface area (Å²) in [6.45, 7) is 3.63. The third-order valence-corrected chi connectivity index (χ3v) is 6.19. The lowest BCUT2D eigenvalue weighted by Crippen LogP contribution is -2.25. The van der Waals surface area contributed by atoms with Crippen molar-refractivity contribution in [2.24, 2.45) is 5.10 Å². The number of ether oxygens (including phenoxy) is 2. The van der Waals surface area contributed by atoms with Gasteiger partial charge >= 0.3 is 5.97 Å². The van der Waals surface area contributed by atoms with Gasteiger partial charge in [-0.1, -0.05) is 22.9 Å². The summed E-state index contributed by atoms with van der Waals surface area (Å²) in [4.78, 5) is 29.4. The van der Waals surface area contributed by atoms with Gasteiger partial charge in [-0.05, 0) is 81.1 Å². The summed E-state index contributed by atoms with van der Waals surface area (Å²) in [5.41, 5.74) is 1.12. The topological polar surface area (TPSA) is 82.8 Å². The zero-order valence-electron chi connectivity index (χ0n) is 17.6. The molecule has 0 N–H and O–H groups in total. The zero-order chi connectivity index (χ0) is 23.4. The van der Waals surface area contributed by atoms with Gasteiger partial charge in [0.25, 0.3) is 5.56 Å². The van der Waals surface area contributed by atoms with Gasteiger partial charge in [0.05, 0.1) is 33.2 Å². The fourth-order valence-corrected chi connectivity index (χ4v) is 4.75. The van der Waals surface area contributed by atoms with Crippen LogP contribution in [0.2, 0.25) is 0 Å². The molecule has 0 amide bonds. The van der Waals surface area contributed by atoms with E-state index in [-0.39, 0.29) is 5.56 Å². The third kappa shape index (κ3) is 5.47. The molecule has 1 heterocycles. The standard InChI is InChI=1S/C22H20Br3N3O4/c1-4-5-19-27-18-7-6-14(23)10-15(18)21(29)28(19)26-11-13-8-16(24)20(17(25)9-13)32-12(2)22(30)31-3/h6-12H,4-5H2,1-3H3/t12-/m1/s1. The molecule has 0 radical (unpaired) electrons. The fourth-order valence-electron chi connectivity index (χ4n) is 2.98. The summed E-state index contributed by atoms with van der Waals surface area (Å²) in [7, 11) is 1.31. The van der Waals surface area contributed by atoms with Crippen LogP contribution in [-0.2, 0) is 16.0 Å². The number of esters is 1. The molecule has 0 bridgehead atoms. The van der Waals surface area contributed by atoms with Gasteiger partial charge in [0.1, 0.15) is 11.6 Å². The van der Waals surface area contributed by atoms with E-state index in [0.717, 1.165) is 10.9 Å². The highest BCUT2D eigenvalue weighted by Gasteiger charge is 2.19. The molecule has 168 valence electrons. The van der Waals surface area contributed by atoms with E-state index < -0.39 is 12.1 Å². The monoisotopic (exact) mass is 627 g/mol. The molecule has 3 aromatic rings. The first-order valence-electron chi connectivity index (χ1n) is 9.74. The summed E-state index contributed by atoms with van der Waals surface area (Å²) in [6, 6.07) is 8.98. The SMILES string of the molecule is CCCc1nc2ccc(Br)cc2c(=O)n1N=Cc1cc(Br)c(O[C@H](C)C(=O)OC)c(Br)c1. The number of fused-ring (bicyclic) bond motifs is 1. The number of benzene rings is 2. The number of hydrogen-bond donors (Lipinski definition) is 0. The van der Waals surface area contributed by atoms with E-state index in [1.807, 2.05) is 19.1 Å². The van der Waals surface area contributed by atoms with Crippen molar-refractivity contribution in [2.75, 3.05) is 7.11 Å². The van der Waals surface area contributed by atoms with Crippen molar-refractivity contribution in [1.29, 1.82) is 0 Å². The number of aryl methyl sites for hydroxylation is 1. The van der Waals surface area contributed by atoms with Crippen molar-refractivity contribution < 1.29 is 14.3 Å². The molecule has 0 aliphatic rings. The molecule has 1 atom stereocenters. The van der Waals surface area contributed by atoms with E-state index in [1.54, 1.807) is 31.3 Å². The highest BCUT2D eigenvalue weighted by atomic mass is 79.9. The fraction of sp³-hybridized carbons (Fsp3) is 0.273. The predicted molar refractivity (Wildman–Crippen MR) is 135 cm³/mol. The van der Waals surface area contributed by atoms with Crippen LogP contribution in [0.1, 0.15) is 31.7 Å². The van der Waals surface area contributed by atoms with Gasteiger partial charge in [-0.25, -0.2) is 9.78 Å². The molecule has 0 saturated carbocycles. The first-order chi connectivity index (χ1) is 15.2. The molecule has 3 rings (SSSR count). The number of carbonyl (C=O) groups is 1. The smallest absolute Gasteiger partial charge is 0.346 e. The van der Waals surface area contributed by atoms with Gasteiger partial charge in [-0.2, -0.15) is 9.78 Å². The Hall–Kier alpha value is -2.04. The average molecular weight is 630 g/mol. The maximum absolute atomic E-state index is 13.1. The van der Waals surface area contributed by atoms with Crippen LogP contribution in [0.3, 0.4) is 0 Å². The van der Waals surface area contributed by atoms with E-state index in [9.17, 15) is 9.59 Å². The van der Waals surface area contributed by atoms with Gasteiger partial charge in [0.15, 0.2) is 6.10 Å². The predicted octanol–water partition coefficient (Wildman–Crippen LogP) is 5.46. The summed E-state index contributed by atoms with van der Waals surface area (Å²) in [5, 5.41) is 4.92. The van der Waals surface area contributed by atoms with Gasteiger partial charge in [0, 0.05) is 10.9 Å². The molecule has 10 heteroatoms. The van der Waals surface area contributed by atoms with Crippen LogP contribution < -0.4 is 10.3 Å². The van der Waals surface area contributed by atoms with Crippen molar-refractivity contribution in [2.45, 2.75) is 32.8 Å². The molecule has 0 aliphatic heterocycles. The molecular weight excluding hydrogens is 610 g/mol. The van der Waals surface area contributed by atoms with Crippen molar-refractivity contribution in [1.82, 2.24) is 9.66 Å². The van der Waals surface area contributed by atoms with Crippen LogP contribution in [-0.4, -0.2) is 35.1 Å². The van der Waals surface area contributed by atoms with E-state index >= 15 is 0 Å². The van der Waals surface area contributed by atoms with Crippen molar-refractivity contribution >= 4 is 70.9 Å². The number of halogens is 3. The van der Waals surface area contributed by atoms with E-state index in [2.05, 4.69) is 57.9 Å². The Bertz CT molecular complexity index is 1230. The molecule has 2 aromatic carbocycles. The van der Waals surface area contributed by atoms with Crippen LogP contribution in [0.15, 0.2) is 53.6 Å². The van der Waals surface area contributed by atoms with Crippen LogP contribution >= 0.6 is 47.8 Å². The summed E-state index contributed by atoms with van der Waals surface area (Å²) in [6.07, 6.45) is 2.25. The average Bonchev–Trinajstić information content (AvgIpc) is 2.76. The highest BCUT2D eigenvalue weighted by molar-refractivity contribution is 9.11. The molecule has 0 fully saturated rings. The normalized spacial score (nSPS) is 12.3. The van der Waals surface area contributed by atoms with E-state index in [4.69, 9.17) is 9.47 Å². The molecule has 0 spiro atoms. The van der Waals surface area contributed by atoms with Gasteiger partial charge < -0.3 is 9.47 Å². The summed E-state index contributed by atoms with van der Waals surface area (Å²) >= 11 is 10.3. The summed E-state index contributed by atoms with van der Waals surface area (Å²) < 4.78 is 13.8. The van der Waals surface area contributed by atoms with E-state index in [1.165, 1.54) is 11.8 Å². The quantitative estimate of drug-likeness (QED) is 0.256. The molecule has 0 unspecified atom stereocenters. The minimum atomic E-state index is -0.773. The lowest BCUT2D eigenvalue weighted by atomic mass is 10.2. The van der Waals surface area contributed by atoms with Crippen LogP contribution in [0, 0.1) is 0 Å². The number of aromatic nitrogens is 2. The Morgan fingerprint density at radius 3 is 2.53 bits per heavy atom. The van der Waals surface area contributed by atoms with Crippen LogP contribution in [0.4, 0.5) is 0 Å². The van der Waals surface area contributed by atoms with Crippen molar-refractivity contribution in [3.05, 3.63) is 65.5 Å². The Labute approximate surface area is 210 Å². The van der Waals surface area contributed by atoms with Crippen LogP contribution in [0.25, 0.3) is 10.9 Å². The van der Waals surface area contributed by atoms with E-state index in [0.29, 0.717) is 43.4 Å².